The fourth-order valence-electron chi connectivity index (χ4n) is 2.59. The van der Waals surface area contributed by atoms with Crippen molar-refractivity contribution in [2.75, 3.05) is 13.2 Å². The van der Waals surface area contributed by atoms with Gasteiger partial charge in [-0.2, -0.15) is 0 Å². The summed E-state index contributed by atoms with van der Waals surface area (Å²) in [6.07, 6.45) is 0.114. The van der Waals surface area contributed by atoms with E-state index in [0.29, 0.717) is 18.2 Å². The van der Waals surface area contributed by atoms with Gasteiger partial charge in [-0.05, 0) is 23.1 Å². The molecule has 1 aliphatic rings. The van der Waals surface area contributed by atoms with E-state index in [1.54, 1.807) is 0 Å². The minimum atomic E-state index is -0.784. The normalized spacial score (nSPS) is 18.2. The highest BCUT2D eigenvalue weighted by Gasteiger charge is 2.52. The number of rotatable bonds is 4. The summed E-state index contributed by atoms with van der Waals surface area (Å²) in [6.45, 7) is 5.05. The van der Waals surface area contributed by atoms with E-state index < -0.39 is 5.97 Å². The third-order valence-electron chi connectivity index (χ3n) is 3.96. The van der Waals surface area contributed by atoms with Gasteiger partial charge in [-0.15, -0.1) is 0 Å². The second-order valence-corrected chi connectivity index (χ2v) is 5.98. The van der Waals surface area contributed by atoms with Crippen LogP contribution in [0.25, 0.3) is 0 Å². The van der Waals surface area contributed by atoms with E-state index in [9.17, 15) is 4.79 Å². The zero-order valence-electron chi connectivity index (χ0n) is 10.6. The molecule has 1 fully saturated rings. The average Bonchev–Trinajstić information content (AvgIpc) is 2.12. The predicted octanol–water partition coefficient (Wildman–Crippen LogP) is 3.11. The zero-order valence-corrected chi connectivity index (χ0v) is 11.3. The molecule has 98 valence electrons. The molecule has 1 aromatic carbocycles. The van der Waals surface area contributed by atoms with Gasteiger partial charge in [0.15, 0.2) is 0 Å². The van der Waals surface area contributed by atoms with Crippen LogP contribution in [0.1, 0.15) is 25.8 Å². The van der Waals surface area contributed by atoms with E-state index in [1.165, 1.54) is 0 Å². The topological polar surface area (TPSA) is 46.5 Å². The number of halogens is 1. The first kappa shape index (κ1) is 13.4. The van der Waals surface area contributed by atoms with Gasteiger partial charge in [0.05, 0.1) is 19.6 Å². The Labute approximate surface area is 112 Å². The lowest BCUT2D eigenvalue weighted by molar-refractivity contribution is -0.151. The molecule has 0 spiro atoms. The smallest absolute Gasteiger partial charge is 0.303 e. The Hall–Kier alpha value is -1.06. The molecule has 0 unspecified atom stereocenters. The molecule has 3 nitrogen and oxygen atoms in total. The molecule has 1 aliphatic heterocycles. The van der Waals surface area contributed by atoms with Crippen LogP contribution in [0.15, 0.2) is 24.3 Å². The molecule has 1 heterocycles. The second kappa shape index (κ2) is 4.56. The Kier molecular flexibility index (Phi) is 3.39. The van der Waals surface area contributed by atoms with Gasteiger partial charge in [-0.3, -0.25) is 4.79 Å². The molecule has 0 atom stereocenters. The highest BCUT2D eigenvalue weighted by Crippen LogP contribution is 2.49. The number of carboxylic acid groups (broad SMARTS) is 1. The molecule has 1 N–H and O–H groups in total. The molecular formula is C14H17ClO3. The van der Waals surface area contributed by atoms with Crippen LogP contribution in [0.2, 0.25) is 5.02 Å². The van der Waals surface area contributed by atoms with E-state index in [2.05, 4.69) is 0 Å². The van der Waals surface area contributed by atoms with Crippen molar-refractivity contribution >= 4 is 17.6 Å². The van der Waals surface area contributed by atoms with Gasteiger partial charge >= 0.3 is 5.97 Å². The summed E-state index contributed by atoms with van der Waals surface area (Å²) >= 11 is 6.03. The van der Waals surface area contributed by atoms with Crippen LogP contribution in [0.3, 0.4) is 0 Å². The van der Waals surface area contributed by atoms with Crippen LogP contribution in [0.5, 0.6) is 0 Å². The molecule has 1 saturated heterocycles. The molecule has 0 aliphatic carbocycles. The molecule has 0 saturated carbocycles. The summed E-state index contributed by atoms with van der Waals surface area (Å²) < 4.78 is 5.36. The molecule has 2 rings (SSSR count). The quantitative estimate of drug-likeness (QED) is 0.913. The third kappa shape index (κ3) is 2.13. The number of aliphatic carboxylic acids is 1. The van der Waals surface area contributed by atoms with Crippen molar-refractivity contribution in [1.82, 2.24) is 0 Å². The number of hydrogen-bond donors (Lipinski definition) is 1. The number of carbonyl (C=O) groups is 1. The van der Waals surface area contributed by atoms with E-state index in [4.69, 9.17) is 21.4 Å². The Balaban J connectivity index is 2.39. The molecule has 0 radical (unpaired) electrons. The van der Waals surface area contributed by atoms with Gasteiger partial charge in [0.2, 0.25) is 0 Å². The summed E-state index contributed by atoms with van der Waals surface area (Å²) in [5, 5.41) is 9.74. The predicted molar refractivity (Wildman–Crippen MR) is 70.0 cm³/mol. The number of benzene rings is 1. The van der Waals surface area contributed by atoms with Gasteiger partial charge in [-0.1, -0.05) is 37.6 Å². The number of carboxylic acids is 1. The SMILES string of the molecule is CC(C)(CC(=O)O)C1(c2cccc(Cl)c2)COC1. The molecule has 4 heteroatoms. The Bertz CT molecular complexity index is 464. The molecule has 0 amide bonds. The minimum Gasteiger partial charge on any atom is -0.481 e. The van der Waals surface area contributed by atoms with Crippen molar-refractivity contribution in [1.29, 1.82) is 0 Å². The highest BCUT2D eigenvalue weighted by molar-refractivity contribution is 6.30. The first-order valence-corrected chi connectivity index (χ1v) is 6.31. The van der Waals surface area contributed by atoms with Crippen LogP contribution in [-0.4, -0.2) is 24.3 Å². The Morgan fingerprint density at radius 1 is 1.50 bits per heavy atom. The molecule has 1 aromatic rings. The molecular weight excluding hydrogens is 252 g/mol. The van der Waals surface area contributed by atoms with Gasteiger partial charge in [0.1, 0.15) is 0 Å². The monoisotopic (exact) mass is 268 g/mol. The van der Waals surface area contributed by atoms with Gasteiger partial charge in [0.25, 0.3) is 0 Å². The van der Waals surface area contributed by atoms with Crippen LogP contribution < -0.4 is 0 Å². The van der Waals surface area contributed by atoms with Crippen LogP contribution in [-0.2, 0) is 14.9 Å². The van der Waals surface area contributed by atoms with Crippen molar-refractivity contribution < 1.29 is 14.6 Å². The van der Waals surface area contributed by atoms with Crippen molar-refractivity contribution in [3.8, 4) is 0 Å². The zero-order chi connectivity index (χ0) is 13.4. The van der Waals surface area contributed by atoms with E-state index in [-0.39, 0.29) is 17.3 Å². The summed E-state index contributed by atoms with van der Waals surface area (Å²) in [5.41, 5.74) is 0.436. The summed E-state index contributed by atoms with van der Waals surface area (Å²) in [4.78, 5) is 11.0. The average molecular weight is 269 g/mol. The minimum absolute atomic E-state index is 0.114. The lowest BCUT2D eigenvalue weighted by Gasteiger charge is -2.52. The van der Waals surface area contributed by atoms with Gasteiger partial charge in [-0.25, -0.2) is 0 Å². The summed E-state index contributed by atoms with van der Waals surface area (Å²) in [5.74, 6) is -0.784. The Morgan fingerprint density at radius 3 is 2.61 bits per heavy atom. The lowest BCUT2D eigenvalue weighted by atomic mass is 9.59. The van der Waals surface area contributed by atoms with Gasteiger partial charge in [0, 0.05) is 10.4 Å². The third-order valence-corrected chi connectivity index (χ3v) is 4.20. The maximum Gasteiger partial charge on any atom is 0.303 e. The van der Waals surface area contributed by atoms with Crippen molar-refractivity contribution in [2.24, 2.45) is 5.41 Å². The number of ether oxygens (including phenoxy) is 1. The molecule has 18 heavy (non-hydrogen) atoms. The number of hydrogen-bond acceptors (Lipinski definition) is 2. The van der Waals surface area contributed by atoms with Crippen LogP contribution in [0, 0.1) is 5.41 Å². The fraction of sp³-hybridized carbons (Fsp3) is 0.500. The van der Waals surface area contributed by atoms with E-state index in [1.807, 2.05) is 38.1 Å². The van der Waals surface area contributed by atoms with Crippen molar-refractivity contribution in [2.45, 2.75) is 25.7 Å². The standard InChI is InChI=1S/C14H17ClO3/c1-13(2,7-12(16)17)14(8-18-9-14)10-4-3-5-11(15)6-10/h3-6H,7-9H2,1-2H3,(H,16,17). The lowest BCUT2D eigenvalue weighted by Crippen LogP contribution is -2.57. The van der Waals surface area contributed by atoms with Crippen molar-refractivity contribution in [3.63, 3.8) is 0 Å². The maximum absolute atomic E-state index is 11.0. The van der Waals surface area contributed by atoms with Crippen LogP contribution in [0.4, 0.5) is 0 Å². The van der Waals surface area contributed by atoms with Gasteiger partial charge < -0.3 is 9.84 Å². The second-order valence-electron chi connectivity index (χ2n) is 5.54. The van der Waals surface area contributed by atoms with Crippen molar-refractivity contribution in [3.05, 3.63) is 34.9 Å². The first-order chi connectivity index (χ1) is 8.37. The molecule has 0 bridgehead atoms. The summed E-state index contributed by atoms with van der Waals surface area (Å²) in [7, 11) is 0. The maximum atomic E-state index is 11.0. The molecule has 0 aromatic heterocycles. The largest absolute Gasteiger partial charge is 0.481 e. The Morgan fingerprint density at radius 2 is 2.17 bits per heavy atom. The first-order valence-electron chi connectivity index (χ1n) is 5.93. The fourth-order valence-corrected chi connectivity index (χ4v) is 2.78. The van der Waals surface area contributed by atoms with E-state index in [0.717, 1.165) is 5.56 Å². The summed E-state index contributed by atoms with van der Waals surface area (Å²) in [6, 6.07) is 7.63. The highest BCUT2D eigenvalue weighted by atomic mass is 35.5. The van der Waals surface area contributed by atoms with E-state index >= 15 is 0 Å². The van der Waals surface area contributed by atoms with Crippen LogP contribution >= 0.6 is 11.6 Å².